The van der Waals surface area contributed by atoms with E-state index < -0.39 is 28.8 Å². The molecule has 1 aromatic heterocycles. The van der Waals surface area contributed by atoms with Crippen LogP contribution in [0.4, 0.5) is 24.5 Å². The lowest BCUT2D eigenvalue weighted by Crippen LogP contribution is -2.35. The number of nitrogens with one attached hydrogen (secondary N) is 1. The first-order valence-electron chi connectivity index (χ1n) is 10.6. The van der Waals surface area contributed by atoms with Crippen molar-refractivity contribution in [3.8, 4) is 5.69 Å². The Labute approximate surface area is 192 Å². The molecule has 1 aliphatic rings. The second-order valence-corrected chi connectivity index (χ2v) is 7.97. The molecule has 0 radical (unpaired) electrons. The van der Waals surface area contributed by atoms with Crippen molar-refractivity contribution in [3.63, 3.8) is 0 Å². The predicted molar refractivity (Wildman–Crippen MR) is 120 cm³/mol. The largest absolute Gasteiger partial charge is 0.416 e. The molecule has 2 amide bonds. The quantitative estimate of drug-likeness (QED) is 0.615. The summed E-state index contributed by atoms with van der Waals surface area (Å²) in [6.07, 6.45) is -2.38. The molecule has 2 heterocycles. The van der Waals surface area contributed by atoms with Crippen LogP contribution in [-0.4, -0.2) is 28.1 Å². The Morgan fingerprint density at radius 1 is 1.00 bits per heavy atom. The average Bonchev–Trinajstić information content (AvgIpc) is 2.79. The molecule has 0 spiro atoms. The van der Waals surface area contributed by atoms with Crippen molar-refractivity contribution in [3.05, 3.63) is 81.8 Å². The minimum Gasteiger partial charge on any atom is -0.320 e. The summed E-state index contributed by atoms with van der Waals surface area (Å²) in [4.78, 5) is 39.2. The number of nitrogens with zero attached hydrogens (tertiary/aromatic N) is 3. The molecule has 176 valence electrons. The molecule has 0 bridgehead atoms. The van der Waals surface area contributed by atoms with Gasteiger partial charge in [0, 0.05) is 36.1 Å². The molecule has 1 fully saturated rings. The molecule has 1 saturated heterocycles. The topological polar surface area (TPSA) is 84.3 Å². The highest BCUT2D eigenvalue weighted by molar-refractivity contribution is 6.03. The van der Waals surface area contributed by atoms with Gasteiger partial charge in [-0.2, -0.15) is 18.3 Å². The van der Waals surface area contributed by atoms with E-state index in [0.29, 0.717) is 24.3 Å². The number of amides is 2. The van der Waals surface area contributed by atoms with Gasteiger partial charge in [-0.25, -0.2) is 4.68 Å². The molecule has 3 aromatic rings. The summed E-state index contributed by atoms with van der Waals surface area (Å²) in [6.45, 7) is 2.09. The number of halogens is 3. The number of aryl methyl sites for hydroxylation is 1. The zero-order chi connectivity index (χ0) is 24.5. The standard InChI is InChI=1S/C24H21F3N4O3/c1-15-12-20(32)22(29-31(15)19-9-4-6-16(13-19)24(25,26)27)23(34)28-17-7-5-8-18(14-17)30-11-3-2-10-21(30)33/h4-9,12-14H,2-3,10-11H2,1H3,(H,28,34). The number of hydrogen-bond donors (Lipinski definition) is 1. The van der Waals surface area contributed by atoms with E-state index in [0.717, 1.165) is 35.7 Å². The number of anilines is 2. The van der Waals surface area contributed by atoms with E-state index in [2.05, 4.69) is 10.4 Å². The van der Waals surface area contributed by atoms with E-state index in [1.807, 2.05) is 0 Å². The summed E-state index contributed by atoms with van der Waals surface area (Å²) in [6, 6.07) is 12.3. The van der Waals surface area contributed by atoms with E-state index >= 15 is 0 Å². The number of alkyl halides is 3. The summed E-state index contributed by atoms with van der Waals surface area (Å²) < 4.78 is 40.5. The van der Waals surface area contributed by atoms with Crippen molar-refractivity contribution >= 4 is 23.2 Å². The number of hydrogen-bond acceptors (Lipinski definition) is 4. The Hall–Kier alpha value is -3.95. The first-order valence-corrected chi connectivity index (χ1v) is 10.6. The van der Waals surface area contributed by atoms with Crippen molar-refractivity contribution in [2.24, 2.45) is 0 Å². The van der Waals surface area contributed by atoms with Crippen molar-refractivity contribution in [2.75, 3.05) is 16.8 Å². The number of rotatable bonds is 4. The summed E-state index contributed by atoms with van der Waals surface area (Å²) in [5.74, 6) is -0.813. The molecule has 0 aliphatic carbocycles. The minimum absolute atomic E-state index is 0.00102. The fourth-order valence-corrected chi connectivity index (χ4v) is 3.80. The highest BCUT2D eigenvalue weighted by Gasteiger charge is 2.30. The van der Waals surface area contributed by atoms with E-state index in [1.54, 1.807) is 29.2 Å². The van der Waals surface area contributed by atoms with Crippen LogP contribution in [0.1, 0.15) is 41.0 Å². The highest BCUT2D eigenvalue weighted by Crippen LogP contribution is 2.30. The molecule has 1 aliphatic heterocycles. The summed E-state index contributed by atoms with van der Waals surface area (Å²) in [7, 11) is 0. The predicted octanol–water partition coefficient (Wildman–Crippen LogP) is 4.33. The van der Waals surface area contributed by atoms with Gasteiger partial charge in [0.15, 0.2) is 5.69 Å². The van der Waals surface area contributed by atoms with Gasteiger partial charge in [0.25, 0.3) is 5.91 Å². The van der Waals surface area contributed by atoms with Crippen LogP contribution in [0.5, 0.6) is 0 Å². The molecule has 2 aromatic carbocycles. The lowest BCUT2D eigenvalue weighted by Gasteiger charge is -2.27. The van der Waals surface area contributed by atoms with Crippen LogP contribution in [0, 0.1) is 6.92 Å². The Bertz CT molecular complexity index is 1320. The smallest absolute Gasteiger partial charge is 0.320 e. The Balaban J connectivity index is 1.63. The monoisotopic (exact) mass is 470 g/mol. The number of benzene rings is 2. The van der Waals surface area contributed by atoms with Gasteiger partial charge in [-0.05, 0) is 56.2 Å². The van der Waals surface area contributed by atoms with Crippen LogP contribution < -0.4 is 15.6 Å². The Morgan fingerprint density at radius 2 is 1.74 bits per heavy atom. The van der Waals surface area contributed by atoms with Crippen LogP contribution in [-0.2, 0) is 11.0 Å². The van der Waals surface area contributed by atoms with Crippen LogP contribution in [0.2, 0.25) is 0 Å². The molecule has 0 unspecified atom stereocenters. The molecule has 4 rings (SSSR count). The van der Waals surface area contributed by atoms with Crippen LogP contribution in [0.3, 0.4) is 0 Å². The van der Waals surface area contributed by atoms with Gasteiger partial charge in [0.05, 0.1) is 11.3 Å². The fraction of sp³-hybridized carbons (Fsp3) is 0.250. The SMILES string of the molecule is Cc1cc(=O)c(C(=O)Nc2cccc(N3CCCCC3=O)c2)nn1-c1cccc(C(F)(F)F)c1. The fourth-order valence-electron chi connectivity index (χ4n) is 3.80. The first kappa shape index (κ1) is 23.2. The van der Waals surface area contributed by atoms with Gasteiger partial charge in [-0.3, -0.25) is 14.4 Å². The molecule has 7 nitrogen and oxygen atoms in total. The van der Waals surface area contributed by atoms with Gasteiger partial charge in [-0.1, -0.05) is 12.1 Å². The maximum Gasteiger partial charge on any atom is 0.416 e. The third-order valence-electron chi connectivity index (χ3n) is 5.48. The second-order valence-electron chi connectivity index (χ2n) is 7.97. The molecule has 0 saturated carbocycles. The van der Waals surface area contributed by atoms with Gasteiger partial charge < -0.3 is 10.2 Å². The maximum atomic E-state index is 13.1. The van der Waals surface area contributed by atoms with E-state index in [4.69, 9.17) is 0 Å². The molecule has 34 heavy (non-hydrogen) atoms. The van der Waals surface area contributed by atoms with E-state index in [9.17, 15) is 27.6 Å². The van der Waals surface area contributed by atoms with E-state index in [-0.39, 0.29) is 17.3 Å². The van der Waals surface area contributed by atoms with Crippen molar-refractivity contribution in [1.82, 2.24) is 9.78 Å². The summed E-state index contributed by atoms with van der Waals surface area (Å²) >= 11 is 0. The van der Waals surface area contributed by atoms with E-state index in [1.165, 1.54) is 19.1 Å². The van der Waals surface area contributed by atoms with Crippen LogP contribution in [0.15, 0.2) is 59.4 Å². The number of carbonyl (C=O) groups excluding carboxylic acids is 2. The van der Waals surface area contributed by atoms with Gasteiger partial charge >= 0.3 is 6.18 Å². The third-order valence-corrected chi connectivity index (χ3v) is 5.48. The zero-order valence-electron chi connectivity index (χ0n) is 18.2. The van der Waals surface area contributed by atoms with Crippen molar-refractivity contribution < 1.29 is 22.8 Å². The highest BCUT2D eigenvalue weighted by atomic mass is 19.4. The lowest BCUT2D eigenvalue weighted by molar-refractivity contribution is -0.137. The third kappa shape index (κ3) is 4.85. The first-order chi connectivity index (χ1) is 16.1. The Morgan fingerprint density at radius 3 is 2.47 bits per heavy atom. The van der Waals surface area contributed by atoms with Crippen LogP contribution >= 0.6 is 0 Å². The molecular formula is C24H21F3N4O3. The van der Waals surface area contributed by atoms with Crippen molar-refractivity contribution in [1.29, 1.82) is 0 Å². The summed E-state index contributed by atoms with van der Waals surface area (Å²) in [5.41, 5.74) is -0.699. The average molecular weight is 470 g/mol. The number of carbonyl (C=O) groups is 2. The second kappa shape index (κ2) is 9.12. The number of aromatic nitrogens is 2. The van der Waals surface area contributed by atoms with Crippen molar-refractivity contribution in [2.45, 2.75) is 32.4 Å². The zero-order valence-corrected chi connectivity index (χ0v) is 18.2. The minimum atomic E-state index is -4.55. The number of piperidine rings is 1. The molecular weight excluding hydrogens is 449 g/mol. The van der Waals surface area contributed by atoms with Gasteiger partial charge in [0.2, 0.25) is 11.3 Å². The Kier molecular flexibility index (Phi) is 6.23. The van der Waals surface area contributed by atoms with Gasteiger partial charge in [0.1, 0.15) is 0 Å². The lowest BCUT2D eigenvalue weighted by atomic mass is 10.1. The normalized spacial score (nSPS) is 14.2. The maximum absolute atomic E-state index is 13.1. The molecule has 1 N–H and O–H groups in total. The summed E-state index contributed by atoms with van der Waals surface area (Å²) in [5, 5.41) is 6.64. The molecule has 10 heteroatoms. The molecule has 0 atom stereocenters. The van der Waals surface area contributed by atoms with Gasteiger partial charge in [-0.15, -0.1) is 0 Å². The van der Waals surface area contributed by atoms with Crippen LogP contribution in [0.25, 0.3) is 5.69 Å².